The number of hydrogen-bond acceptors (Lipinski definition) is 9. The molecule has 47 heavy (non-hydrogen) atoms. The van der Waals surface area contributed by atoms with Gasteiger partial charge >= 0.3 is 0 Å². The lowest BCUT2D eigenvalue weighted by atomic mass is 9.84. The number of halogens is 1. The fraction of sp³-hybridized carbons (Fsp3) is 0.457. The molecule has 5 heterocycles. The van der Waals surface area contributed by atoms with Crippen molar-refractivity contribution in [3.05, 3.63) is 84.3 Å². The Balaban J connectivity index is 1.05. The Labute approximate surface area is 274 Å². The quantitative estimate of drug-likeness (QED) is 0.242. The van der Waals surface area contributed by atoms with Crippen LogP contribution in [0.4, 0.5) is 10.2 Å². The van der Waals surface area contributed by atoms with Gasteiger partial charge in [0.25, 0.3) is 5.91 Å². The van der Waals surface area contributed by atoms with Gasteiger partial charge in [-0.1, -0.05) is 0 Å². The van der Waals surface area contributed by atoms with Crippen molar-refractivity contribution in [2.45, 2.75) is 76.7 Å². The first-order valence-electron chi connectivity index (χ1n) is 16.5. The number of nitrogens with zero attached hydrogens (tertiary/aromatic N) is 8. The van der Waals surface area contributed by atoms with E-state index in [4.69, 9.17) is 9.47 Å². The lowest BCUT2D eigenvalue weighted by Gasteiger charge is -2.45. The van der Waals surface area contributed by atoms with E-state index >= 15 is 0 Å². The van der Waals surface area contributed by atoms with Crippen LogP contribution in [0.5, 0.6) is 17.2 Å². The number of likely N-dealkylation sites (N-methyl/N-ethyl adjacent to an activating group) is 1. The summed E-state index contributed by atoms with van der Waals surface area (Å²) < 4.78 is 29.6. The van der Waals surface area contributed by atoms with Gasteiger partial charge in [-0.05, 0) is 58.0 Å². The summed E-state index contributed by atoms with van der Waals surface area (Å²) in [6, 6.07) is 6.31. The van der Waals surface area contributed by atoms with E-state index < -0.39 is 5.82 Å². The number of aromatic nitrogens is 5. The molecule has 1 aromatic carbocycles. The lowest BCUT2D eigenvalue weighted by Crippen LogP contribution is -2.51. The van der Waals surface area contributed by atoms with E-state index in [9.17, 15) is 9.18 Å². The molecule has 0 atom stereocenters. The van der Waals surface area contributed by atoms with Gasteiger partial charge in [0.15, 0.2) is 11.6 Å². The Hall–Kier alpha value is -4.58. The molecule has 2 aliphatic heterocycles. The molecule has 0 unspecified atom stereocenters. The summed E-state index contributed by atoms with van der Waals surface area (Å²) in [6.45, 7) is 7.24. The number of fused-ring (bicyclic) bond motifs is 1. The third-order valence-electron chi connectivity index (χ3n) is 9.57. The van der Waals surface area contributed by atoms with Gasteiger partial charge in [0, 0.05) is 93.4 Å². The smallest absolute Gasteiger partial charge is 0.258 e. The first-order chi connectivity index (χ1) is 22.8. The zero-order valence-electron chi connectivity index (χ0n) is 27.1. The van der Waals surface area contributed by atoms with Gasteiger partial charge in [-0.25, -0.2) is 19.3 Å². The molecule has 3 aromatic heterocycles. The number of benzene rings is 1. The van der Waals surface area contributed by atoms with Crippen molar-refractivity contribution in [1.29, 1.82) is 0 Å². The highest BCUT2D eigenvalue weighted by Gasteiger charge is 2.39. The number of anilines is 1. The van der Waals surface area contributed by atoms with Gasteiger partial charge in [-0.2, -0.15) is 0 Å². The maximum Gasteiger partial charge on any atom is 0.258 e. The molecule has 4 aromatic rings. The van der Waals surface area contributed by atoms with Gasteiger partial charge < -0.3 is 28.7 Å². The van der Waals surface area contributed by atoms with Gasteiger partial charge in [0.05, 0.1) is 18.1 Å². The molecule has 246 valence electrons. The van der Waals surface area contributed by atoms with Crippen molar-refractivity contribution in [2.24, 2.45) is 0 Å². The number of piperidine rings is 1. The topological polar surface area (TPSA) is 102 Å². The average Bonchev–Trinajstić information content (AvgIpc) is 3.58. The molecule has 0 bridgehead atoms. The Kier molecular flexibility index (Phi) is 8.76. The van der Waals surface area contributed by atoms with E-state index in [2.05, 4.69) is 41.4 Å². The molecule has 7 rings (SSSR count). The molecule has 0 N–H and O–H groups in total. The Morgan fingerprint density at radius 1 is 1.02 bits per heavy atom. The second-order valence-corrected chi connectivity index (χ2v) is 13.1. The minimum Gasteiger partial charge on any atom is -0.490 e. The van der Waals surface area contributed by atoms with Crippen LogP contribution in [0.3, 0.4) is 0 Å². The number of ether oxygens (including phenoxy) is 2. The van der Waals surface area contributed by atoms with Crippen LogP contribution >= 0.6 is 0 Å². The average molecular weight is 641 g/mol. The number of carbonyl (C=O) groups excluding carboxylic acids is 1. The predicted octanol–water partition coefficient (Wildman–Crippen LogP) is 5.29. The zero-order valence-corrected chi connectivity index (χ0v) is 27.1. The number of hydrogen-bond donors (Lipinski definition) is 0. The first-order valence-corrected chi connectivity index (χ1v) is 16.5. The summed E-state index contributed by atoms with van der Waals surface area (Å²) >= 11 is 0. The highest BCUT2D eigenvalue weighted by Crippen LogP contribution is 2.39. The summed E-state index contributed by atoms with van der Waals surface area (Å²) in [5.41, 5.74) is 2.49. The fourth-order valence-corrected chi connectivity index (χ4v) is 6.99. The van der Waals surface area contributed by atoms with Crippen LogP contribution in [0.1, 0.15) is 67.2 Å². The number of carbonyl (C=O) groups is 1. The molecule has 0 spiro atoms. The minimum atomic E-state index is -0.497. The molecule has 1 amide bonds. The van der Waals surface area contributed by atoms with Crippen LogP contribution in [0.25, 0.3) is 0 Å². The second-order valence-electron chi connectivity index (χ2n) is 13.1. The van der Waals surface area contributed by atoms with Gasteiger partial charge in [-0.15, -0.1) is 0 Å². The summed E-state index contributed by atoms with van der Waals surface area (Å²) in [5.74, 6) is 1.49. The molecule has 0 radical (unpaired) electrons. The van der Waals surface area contributed by atoms with Crippen LogP contribution < -0.4 is 14.4 Å². The van der Waals surface area contributed by atoms with E-state index in [1.807, 2.05) is 43.5 Å². The molecular weight excluding hydrogens is 599 g/mol. The zero-order chi connectivity index (χ0) is 32.5. The second kappa shape index (κ2) is 13.3. The SMILES string of the molecule is CC(C)N(C(=O)c1cc(F)ccc1Oc1cncnc1N1CCC(Oc2ccnc3c2CN(C)CC3)CC1)C1CC(n2ccnc2)C1. The van der Waals surface area contributed by atoms with E-state index in [1.54, 1.807) is 12.4 Å². The van der Waals surface area contributed by atoms with E-state index in [0.717, 1.165) is 56.6 Å². The normalized spacial score (nSPS) is 20.1. The fourth-order valence-electron chi connectivity index (χ4n) is 6.99. The minimum absolute atomic E-state index is 0.0312. The standard InChI is InChI=1S/C35H41FN8O3/c1-23(2)44(26-17-25(18-26)43-15-11-37-22-43)35(45)28-16-24(36)4-5-31(28)47-33-19-38-21-40-34(33)42-13-7-27(8-14-42)46-32-6-10-39-30-9-12-41(3)20-29(30)32/h4-6,10-11,15-16,19,21-23,25-27H,7-9,12-14,17-18,20H2,1-3H3. The number of rotatable bonds is 9. The van der Waals surface area contributed by atoms with Crippen LogP contribution in [0.2, 0.25) is 0 Å². The van der Waals surface area contributed by atoms with Crippen molar-refractivity contribution in [3.8, 4) is 17.2 Å². The maximum absolute atomic E-state index is 14.6. The number of amides is 1. The summed E-state index contributed by atoms with van der Waals surface area (Å²) in [6.07, 6.45) is 14.7. The van der Waals surface area contributed by atoms with E-state index in [-0.39, 0.29) is 41.4 Å². The Bertz CT molecular complexity index is 1700. The third-order valence-corrected chi connectivity index (χ3v) is 9.57. The molecule has 1 aliphatic carbocycles. The van der Waals surface area contributed by atoms with Crippen LogP contribution in [-0.4, -0.2) is 85.1 Å². The molecule has 3 aliphatic rings. The largest absolute Gasteiger partial charge is 0.490 e. The summed E-state index contributed by atoms with van der Waals surface area (Å²) in [4.78, 5) is 37.9. The summed E-state index contributed by atoms with van der Waals surface area (Å²) in [5, 5.41) is 0. The highest BCUT2D eigenvalue weighted by atomic mass is 19.1. The molecule has 1 saturated carbocycles. The molecule has 12 heteroatoms. The van der Waals surface area contributed by atoms with Crippen LogP contribution in [0, 0.1) is 5.82 Å². The van der Waals surface area contributed by atoms with E-state index in [1.165, 1.54) is 30.1 Å². The van der Waals surface area contributed by atoms with Crippen molar-refractivity contribution in [3.63, 3.8) is 0 Å². The van der Waals surface area contributed by atoms with E-state index in [0.29, 0.717) is 24.7 Å². The Morgan fingerprint density at radius 2 is 1.85 bits per heavy atom. The first kappa shape index (κ1) is 31.0. The van der Waals surface area contributed by atoms with Crippen molar-refractivity contribution >= 4 is 11.7 Å². The van der Waals surface area contributed by atoms with Crippen molar-refractivity contribution < 1.29 is 18.7 Å². The van der Waals surface area contributed by atoms with Gasteiger partial charge in [0.1, 0.15) is 29.7 Å². The monoisotopic (exact) mass is 640 g/mol. The molecule has 1 saturated heterocycles. The lowest BCUT2D eigenvalue weighted by molar-refractivity contribution is 0.0368. The number of imidazole rings is 1. The predicted molar refractivity (Wildman–Crippen MR) is 174 cm³/mol. The number of pyridine rings is 1. The van der Waals surface area contributed by atoms with Crippen LogP contribution in [-0.2, 0) is 13.0 Å². The van der Waals surface area contributed by atoms with Crippen LogP contribution in [0.15, 0.2) is 61.7 Å². The Morgan fingerprint density at radius 3 is 2.62 bits per heavy atom. The van der Waals surface area contributed by atoms with Gasteiger partial charge in [0.2, 0.25) is 0 Å². The molecule has 2 fully saturated rings. The summed E-state index contributed by atoms with van der Waals surface area (Å²) in [7, 11) is 2.12. The van der Waals surface area contributed by atoms with Crippen molar-refractivity contribution in [2.75, 3.05) is 31.6 Å². The molecule has 11 nitrogen and oxygen atoms in total. The van der Waals surface area contributed by atoms with Gasteiger partial charge in [-0.3, -0.25) is 9.78 Å². The highest BCUT2D eigenvalue weighted by molar-refractivity contribution is 5.97. The third kappa shape index (κ3) is 6.51. The van der Waals surface area contributed by atoms with Crippen molar-refractivity contribution in [1.82, 2.24) is 34.3 Å². The maximum atomic E-state index is 14.6. The molecular formula is C35H41FN8O3.